The molecule has 1 saturated heterocycles. The summed E-state index contributed by atoms with van der Waals surface area (Å²) in [5, 5.41) is 7.08. The van der Waals surface area contributed by atoms with Crippen molar-refractivity contribution in [2.24, 2.45) is 0 Å². The lowest BCUT2D eigenvalue weighted by molar-refractivity contribution is -0.136. The lowest BCUT2D eigenvalue weighted by atomic mass is 10.0. The molecule has 3 aromatic rings. The van der Waals surface area contributed by atoms with E-state index in [-0.39, 0.29) is 18.0 Å². The van der Waals surface area contributed by atoms with Crippen LogP contribution < -0.4 is 24.4 Å². The first-order valence-electron chi connectivity index (χ1n) is 11.2. The summed E-state index contributed by atoms with van der Waals surface area (Å²) < 4.78 is 37.2. The molecule has 1 aliphatic heterocycles. The fourth-order valence-electron chi connectivity index (χ4n) is 4.15. The Balaban J connectivity index is 1.50. The minimum Gasteiger partial charge on any atom is -0.496 e. The van der Waals surface area contributed by atoms with Crippen LogP contribution in [0.25, 0.3) is 10.8 Å². The molecule has 0 aromatic heterocycles. The monoisotopic (exact) mass is 497 g/mol. The predicted molar refractivity (Wildman–Crippen MR) is 134 cm³/mol. The molecule has 0 aliphatic carbocycles. The molecule has 1 heterocycles. The van der Waals surface area contributed by atoms with E-state index in [9.17, 15) is 18.0 Å². The van der Waals surface area contributed by atoms with Gasteiger partial charge in [-0.1, -0.05) is 30.3 Å². The number of fused-ring (bicyclic) bond motifs is 1. The van der Waals surface area contributed by atoms with Gasteiger partial charge in [0, 0.05) is 24.3 Å². The molecule has 0 radical (unpaired) electrons. The Morgan fingerprint density at radius 1 is 0.943 bits per heavy atom. The number of anilines is 2. The summed E-state index contributed by atoms with van der Waals surface area (Å²) in [6.45, 7) is 0.417. The summed E-state index contributed by atoms with van der Waals surface area (Å²) in [5.74, 6) is -0.690. The molecule has 9 nitrogen and oxygen atoms in total. The van der Waals surface area contributed by atoms with Crippen molar-refractivity contribution in [3.63, 3.8) is 0 Å². The Morgan fingerprint density at radius 3 is 2.43 bits per heavy atom. The third kappa shape index (κ3) is 5.17. The number of hydrogen-bond acceptors (Lipinski definition) is 6. The van der Waals surface area contributed by atoms with Crippen LogP contribution in [0.2, 0.25) is 0 Å². The summed E-state index contributed by atoms with van der Waals surface area (Å²) >= 11 is 0. The lowest BCUT2D eigenvalue weighted by Gasteiger charge is -2.29. The molecule has 2 amide bonds. The summed E-state index contributed by atoms with van der Waals surface area (Å²) in [4.78, 5) is 25.2. The number of nitrogens with zero attached hydrogens (tertiary/aromatic N) is 1. The second-order valence-electron chi connectivity index (χ2n) is 8.09. The van der Waals surface area contributed by atoms with Gasteiger partial charge < -0.3 is 20.1 Å². The molecule has 1 fully saturated rings. The molecule has 0 unspecified atom stereocenters. The smallest absolute Gasteiger partial charge is 0.313 e. The van der Waals surface area contributed by atoms with Crippen molar-refractivity contribution in [1.82, 2.24) is 5.32 Å². The third-order valence-corrected chi connectivity index (χ3v) is 7.76. The summed E-state index contributed by atoms with van der Waals surface area (Å²) in [6.07, 6.45) is 1.32. The van der Waals surface area contributed by atoms with Crippen molar-refractivity contribution in [3.05, 3.63) is 60.2 Å². The van der Waals surface area contributed by atoms with Crippen molar-refractivity contribution in [2.75, 3.05) is 36.1 Å². The fourth-order valence-corrected chi connectivity index (χ4v) is 5.79. The molecular weight excluding hydrogens is 470 g/mol. The maximum atomic E-state index is 12.6. The SMILES string of the molecule is COc1ccc(NC(=O)C(=O)NCc2c(OC)ccc3ccccc23)cc1N1CCCCS1(=O)=O. The van der Waals surface area contributed by atoms with Crippen molar-refractivity contribution < 1.29 is 27.5 Å². The van der Waals surface area contributed by atoms with Gasteiger partial charge >= 0.3 is 11.8 Å². The summed E-state index contributed by atoms with van der Waals surface area (Å²) in [5.41, 5.74) is 1.36. The van der Waals surface area contributed by atoms with E-state index < -0.39 is 21.8 Å². The van der Waals surface area contributed by atoms with Crippen LogP contribution in [-0.2, 0) is 26.2 Å². The van der Waals surface area contributed by atoms with Crippen molar-refractivity contribution >= 4 is 44.0 Å². The standard InChI is InChI=1S/C25H27N3O6S/c1-33-22-11-9-17-7-3-4-8-19(17)20(22)16-26-24(29)25(30)27-18-10-12-23(34-2)21(15-18)28-13-5-6-14-35(28,31)32/h3-4,7-12,15H,5-6,13-14,16H2,1-2H3,(H,26,29)(H,27,30). The van der Waals surface area contributed by atoms with E-state index in [0.29, 0.717) is 30.2 Å². The van der Waals surface area contributed by atoms with Crippen LogP contribution in [0.5, 0.6) is 11.5 Å². The molecule has 0 spiro atoms. The van der Waals surface area contributed by atoms with Gasteiger partial charge in [0.25, 0.3) is 0 Å². The van der Waals surface area contributed by atoms with Gasteiger partial charge in [-0.15, -0.1) is 0 Å². The molecule has 0 atom stereocenters. The first-order chi connectivity index (χ1) is 16.8. The Labute approximate surface area is 204 Å². The van der Waals surface area contributed by atoms with Crippen LogP contribution in [0.4, 0.5) is 11.4 Å². The van der Waals surface area contributed by atoms with E-state index in [1.54, 1.807) is 19.2 Å². The van der Waals surface area contributed by atoms with Crippen molar-refractivity contribution in [3.8, 4) is 11.5 Å². The number of carbonyl (C=O) groups excluding carboxylic acids is 2. The van der Waals surface area contributed by atoms with Crippen molar-refractivity contribution in [2.45, 2.75) is 19.4 Å². The van der Waals surface area contributed by atoms with Crippen LogP contribution in [0, 0.1) is 0 Å². The normalized spacial score (nSPS) is 14.9. The number of sulfonamides is 1. The summed E-state index contributed by atoms with van der Waals surface area (Å²) in [6, 6.07) is 16.1. The van der Waals surface area contributed by atoms with Gasteiger partial charge in [-0.25, -0.2) is 8.42 Å². The van der Waals surface area contributed by atoms with Gasteiger partial charge in [-0.05, 0) is 47.9 Å². The number of nitrogens with one attached hydrogen (secondary N) is 2. The highest BCUT2D eigenvalue weighted by Gasteiger charge is 2.29. The first kappa shape index (κ1) is 24.3. The van der Waals surface area contributed by atoms with E-state index in [4.69, 9.17) is 9.47 Å². The molecule has 10 heteroatoms. The molecule has 35 heavy (non-hydrogen) atoms. The van der Waals surface area contributed by atoms with Gasteiger partial charge in [0.2, 0.25) is 10.0 Å². The maximum absolute atomic E-state index is 12.6. The Kier molecular flexibility index (Phi) is 7.11. The highest BCUT2D eigenvalue weighted by Crippen LogP contribution is 2.35. The zero-order chi connectivity index (χ0) is 25.0. The molecule has 2 N–H and O–H groups in total. The van der Waals surface area contributed by atoms with E-state index >= 15 is 0 Å². The summed E-state index contributed by atoms with van der Waals surface area (Å²) in [7, 11) is -0.491. The van der Waals surface area contributed by atoms with E-state index in [1.165, 1.54) is 17.5 Å². The van der Waals surface area contributed by atoms with Gasteiger partial charge in [-0.3, -0.25) is 13.9 Å². The Hall–Kier alpha value is -3.79. The van der Waals surface area contributed by atoms with Crippen LogP contribution in [-0.4, -0.2) is 46.7 Å². The molecule has 0 saturated carbocycles. The highest BCUT2D eigenvalue weighted by molar-refractivity contribution is 7.92. The number of hydrogen-bond donors (Lipinski definition) is 2. The van der Waals surface area contributed by atoms with E-state index in [1.807, 2.05) is 36.4 Å². The minimum atomic E-state index is -3.49. The Morgan fingerprint density at radius 2 is 1.69 bits per heavy atom. The largest absolute Gasteiger partial charge is 0.496 e. The second-order valence-corrected chi connectivity index (χ2v) is 10.1. The number of carbonyl (C=O) groups is 2. The topological polar surface area (TPSA) is 114 Å². The molecule has 1 aliphatic rings. The van der Waals surface area contributed by atoms with Crippen LogP contribution in [0.1, 0.15) is 18.4 Å². The van der Waals surface area contributed by atoms with Crippen LogP contribution in [0.15, 0.2) is 54.6 Å². The third-order valence-electron chi connectivity index (χ3n) is 5.90. The van der Waals surface area contributed by atoms with Gasteiger partial charge in [0.15, 0.2) is 0 Å². The zero-order valence-electron chi connectivity index (χ0n) is 19.5. The van der Waals surface area contributed by atoms with Crippen LogP contribution in [0.3, 0.4) is 0 Å². The number of ether oxygens (including phenoxy) is 2. The van der Waals surface area contributed by atoms with Crippen molar-refractivity contribution in [1.29, 1.82) is 0 Å². The number of methoxy groups -OCH3 is 2. The predicted octanol–water partition coefficient (Wildman–Crippen LogP) is 3.04. The maximum Gasteiger partial charge on any atom is 0.313 e. The number of amides is 2. The molecule has 184 valence electrons. The number of benzene rings is 3. The molecule has 0 bridgehead atoms. The van der Waals surface area contributed by atoms with E-state index in [2.05, 4.69) is 10.6 Å². The van der Waals surface area contributed by atoms with Gasteiger partial charge in [-0.2, -0.15) is 0 Å². The van der Waals surface area contributed by atoms with Gasteiger partial charge in [0.05, 0.1) is 25.7 Å². The second kappa shape index (κ2) is 10.2. The van der Waals surface area contributed by atoms with E-state index in [0.717, 1.165) is 22.8 Å². The molecular formula is C25H27N3O6S. The molecule has 3 aromatic carbocycles. The minimum absolute atomic E-state index is 0.0484. The Bertz CT molecular complexity index is 1370. The van der Waals surface area contributed by atoms with Gasteiger partial charge in [0.1, 0.15) is 11.5 Å². The fraction of sp³-hybridized carbons (Fsp3) is 0.280. The van der Waals surface area contributed by atoms with Crippen LogP contribution >= 0.6 is 0 Å². The average molecular weight is 498 g/mol. The first-order valence-corrected chi connectivity index (χ1v) is 12.8. The quantitative estimate of drug-likeness (QED) is 0.506. The number of rotatable bonds is 6. The lowest BCUT2D eigenvalue weighted by Crippen LogP contribution is -2.38. The average Bonchev–Trinajstić information content (AvgIpc) is 2.86. The molecule has 4 rings (SSSR count). The highest BCUT2D eigenvalue weighted by atomic mass is 32.2. The zero-order valence-corrected chi connectivity index (χ0v) is 20.4.